The highest BCUT2D eigenvalue weighted by molar-refractivity contribution is 9.10. The minimum absolute atomic E-state index is 0.0892. The summed E-state index contributed by atoms with van der Waals surface area (Å²) in [7, 11) is 1.08. The van der Waals surface area contributed by atoms with Crippen LogP contribution in [0.5, 0.6) is 0 Å². The molecule has 2 heterocycles. The van der Waals surface area contributed by atoms with E-state index >= 15 is 0 Å². The zero-order valence-corrected chi connectivity index (χ0v) is 10.3. The van der Waals surface area contributed by atoms with Gasteiger partial charge in [-0.1, -0.05) is 0 Å². The van der Waals surface area contributed by atoms with Gasteiger partial charge in [0.2, 0.25) is 5.91 Å². The van der Waals surface area contributed by atoms with E-state index in [1.54, 1.807) is 12.1 Å². The molecule has 8 heteroatoms. The summed E-state index contributed by atoms with van der Waals surface area (Å²) in [4.78, 5) is 11.1. The van der Waals surface area contributed by atoms with E-state index in [4.69, 9.17) is 15.1 Å². The van der Waals surface area contributed by atoms with E-state index in [0.29, 0.717) is 14.7 Å². The number of carbonyl (C=O) groups excluding carboxylic acids is 1. The molecule has 0 N–H and O–H groups in total. The molecule has 1 saturated heterocycles. The van der Waals surface area contributed by atoms with E-state index in [0.717, 1.165) is 0 Å². The van der Waals surface area contributed by atoms with Gasteiger partial charge in [0.15, 0.2) is 4.67 Å². The lowest BCUT2D eigenvalue weighted by Crippen LogP contribution is -2.47. The Hall–Kier alpha value is -0.530. The van der Waals surface area contributed by atoms with Crippen LogP contribution < -0.4 is 0 Å². The molecule has 1 fully saturated rings. The molecule has 1 amide bonds. The first-order chi connectivity index (χ1) is 6.89. The van der Waals surface area contributed by atoms with Crippen molar-refractivity contribution in [2.24, 2.45) is 0 Å². The predicted octanol–water partition coefficient (Wildman–Crippen LogP) is 1.80. The summed E-state index contributed by atoms with van der Waals surface area (Å²) in [6.07, 6.45) is 0.0892. The fourth-order valence-corrected chi connectivity index (χ4v) is 3.04. The van der Waals surface area contributed by atoms with Gasteiger partial charge in [0, 0.05) is 10.7 Å². The van der Waals surface area contributed by atoms with Crippen LogP contribution in [0.15, 0.2) is 21.2 Å². The van der Waals surface area contributed by atoms with Crippen LogP contribution in [0, 0.1) is 0 Å². The molecule has 1 aliphatic heterocycles. The number of furan rings is 1. The highest BCUT2D eigenvalue weighted by Gasteiger charge is 2.46. The first-order valence-electron chi connectivity index (χ1n) is 3.91. The SMILES string of the molecule is O=C1CC(c2ccc(Br)o2)N1S(=O)(=O)Cl. The van der Waals surface area contributed by atoms with Crippen LogP contribution >= 0.6 is 26.6 Å². The first kappa shape index (κ1) is 11.0. The highest BCUT2D eigenvalue weighted by Crippen LogP contribution is 2.39. The maximum atomic E-state index is 11.1. The van der Waals surface area contributed by atoms with E-state index in [1.165, 1.54) is 0 Å². The molecule has 1 unspecified atom stereocenters. The number of nitrogens with zero attached hydrogens (tertiary/aromatic N) is 1. The number of rotatable bonds is 2. The Labute approximate surface area is 98.7 Å². The Bertz CT molecular complexity index is 511. The lowest BCUT2D eigenvalue weighted by molar-refractivity contribution is -0.138. The highest BCUT2D eigenvalue weighted by atomic mass is 79.9. The van der Waals surface area contributed by atoms with Crippen molar-refractivity contribution < 1.29 is 17.6 Å². The van der Waals surface area contributed by atoms with E-state index in [-0.39, 0.29) is 6.42 Å². The van der Waals surface area contributed by atoms with Gasteiger partial charge >= 0.3 is 9.24 Å². The van der Waals surface area contributed by atoms with Crippen molar-refractivity contribution in [3.63, 3.8) is 0 Å². The van der Waals surface area contributed by atoms with Crippen LogP contribution in [-0.2, 0) is 14.0 Å². The van der Waals surface area contributed by atoms with Crippen LogP contribution in [0.1, 0.15) is 18.2 Å². The van der Waals surface area contributed by atoms with Gasteiger partial charge in [0.1, 0.15) is 11.8 Å². The standard InChI is InChI=1S/C7H5BrClNO4S/c8-6-2-1-5(14-6)4-3-7(11)10(4)15(9,12)13/h1-2,4H,3H2. The average Bonchev–Trinajstić information content (AvgIpc) is 2.43. The van der Waals surface area contributed by atoms with Gasteiger partial charge < -0.3 is 4.42 Å². The van der Waals surface area contributed by atoms with E-state index in [1.807, 2.05) is 0 Å². The third-order valence-corrected chi connectivity index (χ3v) is 3.85. The van der Waals surface area contributed by atoms with E-state index < -0.39 is 21.2 Å². The molecule has 15 heavy (non-hydrogen) atoms. The van der Waals surface area contributed by atoms with Crippen molar-refractivity contribution in [1.82, 2.24) is 4.31 Å². The second-order valence-electron chi connectivity index (χ2n) is 2.99. The molecule has 82 valence electrons. The summed E-state index contributed by atoms with van der Waals surface area (Å²) in [6, 6.07) is 2.60. The van der Waals surface area contributed by atoms with E-state index in [2.05, 4.69) is 15.9 Å². The molecule has 1 aliphatic rings. The summed E-state index contributed by atoms with van der Waals surface area (Å²) in [5, 5.41) is 0. The quantitative estimate of drug-likeness (QED) is 0.616. The molecule has 1 aromatic rings. The van der Waals surface area contributed by atoms with Crippen molar-refractivity contribution in [3.05, 3.63) is 22.6 Å². The van der Waals surface area contributed by atoms with Gasteiger partial charge in [-0.25, -0.2) is 4.31 Å². The predicted molar refractivity (Wildman–Crippen MR) is 55.4 cm³/mol. The third kappa shape index (κ3) is 1.91. The molecule has 2 rings (SSSR count). The van der Waals surface area contributed by atoms with Gasteiger partial charge in [0.25, 0.3) is 0 Å². The molecular weight excluding hydrogens is 310 g/mol. The van der Waals surface area contributed by atoms with Gasteiger partial charge in [-0.15, -0.1) is 0 Å². The largest absolute Gasteiger partial charge is 0.452 e. The molecular formula is C7H5BrClNO4S. The minimum atomic E-state index is -4.02. The lowest BCUT2D eigenvalue weighted by Gasteiger charge is -2.35. The maximum Gasteiger partial charge on any atom is 0.324 e. The maximum absolute atomic E-state index is 11.1. The zero-order chi connectivity index (χ0) is 11.2. The monoisotopic (exact) mass is 313 g/mol. The van der Waals surface area contributed by atoms with Crippen molar-refractivity contribution in [3.8, 4) is 0 Å². The van der Waals surface area contributed by atoms with Crippen LogP contribution in [0.4, 0.5) is 0 Å². The normalized spacial score (nSPS) is 21.6. The molecule has 1 aromatic heterocycles. The average molecular weight is 315 g/mol. The molecule has 5 nitrogen and oxygen atoms in total. The third-order valence-electron chi connectivity index (χ3n) is 2.05. The topological polar surface area (TPSA) is 67.6 Å². The Morgan fingerprint density at radius 2 is 2.20 bits per heavy atom. The zero-order valence-electron chi connectivity index (χ0n) is 7.18. The molecule has 0 saturated carbocycles. The number of carbonyl (C=O) groups is 1. The van der Waals surface area contributed by atoms with Crippen LogP contribution in [0.2, 0.25) is 0 Å². The number of amides is 1. The fraction of sp³-hybridized carbons (Fsp3) is 0.286. The number of hydrogen-bond donors (Lipinski definition) is 0. The molecule has 0 aromatic carbocycles. The fourth-order valence-electron chi connectivity index (χ4n) is 1.40. The molecule has 0 aliphatic carbocycles. The molecule has 0 radical (unpaired) electrons. The second kappa shape index (κ2) is 3.50. The number of β-lactam (4-membered cyclic amide) rings is 1. The van der Waals surface area contributed by atoms with Crippen LogP contribution in [-0.4, -0.2) is 18.6 Å². The second-order valence-corrected chi connectivity index (χ2v) is 6.16. The molecule has 1 atom stereocenters. The number of hydrogen-bond acceptors (Lipinski definition) is 4. The Morgan fingerprint density at radius 3 is 2.60 bits per heavy atom. The van der Waals surface area contributed by atoms with E-state index in [9.17, 15) is 13.2 Å². The summed E-state index contributed by atoms with van der Waals surface area (Å²) in [6.45, 7) is 0. The van der Waals surface area contributed by atoms with Gasteiger partial charge in [0.05, 0.1) is 6.42 Å². The van der Waals surface area contributed by atoms with Gasteiger partial charge in [-0.05, 0) is 28.1 Å². The minimum Gasteiger partial charge on any atom is -0.452 e. The lowest BCUT2D eigenvalue weighted by atomic mass is 10.0. The van der Waals surface area contributed by atoms with Gasteiger partial charge in [-0.2, -0.15) is 8.42 Å². The van der Waals surface area contributed by atoms with Crippen molar-refractivity contribution in [2.75, 3.05) is 0 Å². The first-order valence-corrected chi connectivity index (χ1v) is 6.97. The number of halogens is 2. The Kier molecular flexibility index (Phi) is 2.56. The van der Waals surface area contributed by atoms with Crippen molar-refractivity contribution in [1.29, 1.82) is 0 Å². The van der Waals surface area contributed by atoms with Crippen LogP contribution in [0.3, 0.4) is 0 Å². The summed E-state index contributed by atoms with van der Waals surface area (Å²) >= 11 is 3.09. The van der Waals surface area contributed by atoms with Crippen molar-refractivity contribution >= 4 is 41.8 Å². The Balaban J connectivity index is 2.30. The van der Waals surface area contributed by atoms with Crippen molar-refractivity contribution in [2.45, 2.75) is 12.5 Å². The summed E-state index contributed by atoms with van der Waals surface area (Å²) in [5.41, 5.74) is 0. The Morgan fingerprint density at radius 1 is 1.53 bits per heavy atom. The summed E-state index contributed by atoms with van der Waals surface area (Å²) < 4.78 is 28.3. The smallest absolute Gasteiger partial charge is 0.324 e. The molecule has 0 bridgehead atoms. The molecule has 0 spiro atoms. The van der Waals surface area contributed by atoms with Gasteiger partial charge in [-0.3, -0.25) is 4.79 Å². The van der Waals surface area contributed by atoms with Crippen LogP contribution in [0.25, 0.3) is 0 Å². The summed E-state index contributed by atoms with van der Waals surface area (Å²) in [5.74, 6) is -0.131.